The third-order valence-corrected chi connectivity index (χ3v) is 0.965. The largest absolute Gasteiger partial charge is 0.444 e. The van der Waals surface area contributed by atoms with E-state index in [2.05, 4.69) is 9.40 Å². The molecule has 1 heterocycles. The van der Waals surface area contributed by atoms with Crippen molar-refractivity contribution < 1.29 is 13.2 Å². The molecule has 0 amide bonds. The van der Waals surface area contributed by atoms with E-state index in [9.17, 15) is 8.78 Å². The summed E-state index contributed by atoms with van der Waals surface area (Å²) in [6.07, 6.45) is -1.53. The highest BCUT2D eigenvalue weighted by Crippen LogP contribution is 2.16. The highest BCUT2D eigenvalue weighted by Gasteiger charge is 2.13. The van der Waals surface area contributed by atoms with Gasteiger partial charge in [0.25, 0.3) is 5.89 Å². The summed E-state index contributed by atoms with van der Waals surface area (Å²) < 4.78 is 27.8. The number of hydrogen-bond acceptors (Lipinski definition) is 3. The molecule has 1 aromatic rings. The van der Waals surface area contributed by atoms with Crippen molar-refractivity contribution in [2.75, 3.05) is 0 Å². The molecule has 0 saturated heterocycles. The van der Waals surface area contributed by atoms with Crippen molar-refractivity contribution in [3.63, 3.8) is 0 Å². The lowest BCUT2D eigenvalue weighted by Gasteiger charge is -1.86. The van der Waals surface area contributed by atoms with Crippen LogP contribution in [0.5, 0.6) is 0 Å². The van der Waals surface area contributed by atoms with Gasteiger partial charge in [0.15, 0.2) is 0 Å². The smallest absolute Gasteiger partial charge is 0.313 e. The summed E-state index contributed by atoms with van der Waals surface area (Å²) >= 11 is 0. The maximum Gasteiger partial charge on any atom is 0.313 e. The number of halogens is 2. The lowest BCUT2D eigenvalue weighted by molar-refractivity contribution is 0.115. The Bertz CT molecular complexity index is 211. The van der Waals surface area contributed by atoms with E-state index in [1.165, 1.54) is 0 Å². The Morgan fingerprint density at radius 1 is 1.70 bits per heavy atom. The quantitative estimate of drug-likeness (QED) is 0.682. The summed E-state index contributed by atoms with van der Waals surface area (Å²) in [5.74, 6) is -0.569. The summed E-state index contributed by atoms with van der Waals surface area (Å²) in [5.41, 5.74) is 5.44. The van der Waals surface area contributed by atoms with Crippen LogP contribution < -0.4 is 5.73 Å². The number of nitrogens with zero attached hydrogens (tertiary/aromatic N) is 1. The molecule has 1 aromatic heterocycles. The van der Waals surface area contributed by atoms with Gasteiger partial charge in [-0.25, -0.2) is 4.98 Å². The SMILES string of the molecule is NCc1coc(C(F)F)n1. The van der Waals surface area contributed by atoms with Gasteiger partial charge >= 0.3 is 6.43 Å². The normalized spacial score (nSPS) is 10.8. The van der Waals surface area contributed by atoms with Gasteiger partial charge in [-0.15, -0.1) is 0 Å². The molecule has 0 unspecified atom stereocenters. The molecule has 3 nitrogen and oxygen atoms in total. The van der Waals surface area contributed by atoms with Crippen LogP contribution in [-0.4, -0.2) is 4.98 Å². The number of nitrogens with two attached hydrogens (primary N) is 1. The highest BCUT2D eigenvalue weighted by atomic mass is 19.3. The predicted molar refractivity (Wildman–Crippen MR) is 29.4 cm³/mol. The molecule has 10 heavy (non-hydrogen) atoms. The van der Waals surface area contributed by atoms with E-state index in [0.717, 1.165) is 6.26 Å². The van der Waals surface area contributed by atoms with Gasteiger partial charge in [0.2, 0.25) is 0 Å². The zero-order valence-electron chi connectivity index (χ0n) is 5.05. The molecule has 0 spiro atoms. The average Bonchev–Trinajstić information content (AvgIpc) is 2.34. The Kier molecular flexibility index (Phi) is 1.96. The first-order chi connectivity index (χ1) is 4.74. The zero-order valence-corrected chi connectivity index (χ0v) is 5.05. The molecule has 0 atom stereocenters. The fourth-order valence-electron chi connectivity index (χ4n) is 0.517. The third-order valence-electron chi connectivity index (χ3n) is 0.965. The highest BCUT2D eigenvalue weighted by molar-refractivity contribution is 4.95. The van der Waals surface area contributed by atoms with Gasteiger partial charge in [0, 0.05) is 6.54 Å². The molecule has 0 saturated carbocycles. The fraction of sp³-hybridized carbons (Fsp3) is 0.400. The van der Waals surface area contributed by atoms with Crippen LogP contribution in [0.1, 0.15) is 18.0 Å². The minimum Gasteiger partial charge on any atom is -0.444 e. The summed E-state index contributed by atoms with van der Waals surface area (Å²) in [6, 6.07) is 0. The maximum atomic E-state index is 11.7. The molecule has 0 aliphatic carbocycles. The molecule has 0 aliphatic heterocycles. The zero-order chi connectivity index (χ0) is 7.56. The molecule has 0 aliphatic rings. The van der Waals surface area contributed by atoms with E-state index in [1.807, 2.05) is 0 Å². The summed E-state index contributed by atoms with van der Waals surface area (Å²) in [4.78, 5) is 3.39. The minimum atomic E-state index is -2.65. The number of hydrogen-bond donors (Lipinski definition) is 1. The van der Waals surface area contributed by atoms with Crippen LogP contribution in [0.2, 0.25) is 0 Å². The van der Waals surface area contributed by atoms with Crippen LogP contribution >= 0.6 is 0 Å². The van der Waals surface area contributed by atoms with E-state index in [-0.39, 0.29) is 6.54 Å². The maximum absolute atomic E-state index is 11.7. The number of rotatable bonds is 2. The summed E-state index contributed by atoms with van der Waals surface area (Å²) in [7, 11) is 0. The standard InChI is InChI=1S/C5H6F2N2O/c6-4(7)5-9-3(1-8)2-10-5/h2,4H,1,8H2. The van der Waals surface area contributed by atoms with Crippen molar-refractivity contribution >= 4 is 0 Å². The van der Waals surface area contributed by atoms with E-state index in [4.69, 9.17) is 5.73 Å². The van der Waals surface area contributed by atoms with Crippen molar-refractivity contribution in [3.8, 4) is 0 Å². The molecule has 0 aromatic carbocycles. The summed E-state index contributed by atoms with van der Waals surface area (Å²) in [6.45, 7) is 0.121. The number of alkyl halides is 2. The van der Waals surface area contributed by atoms with Crippen molar-refractivity contribution in [1.29, 1.82) is 0 Å². The van der Waals surface area contributed by atoms with Crippen LogP contribution in [0.4, 0.5) is 8.78 Å². The number of aromatic nitrogens is 1. The first kappa shape index (κ1) is 7.14. The Morgan fingerprint density at radius 2 is 2.40 bits per heavy atom. The van der Waals surface area contributed by atoms with Crippen molar-refractivity contribution in [3.05, 3.63) is 17.8 Å². The van der Waals surface area contributed by atoms with Crippen molar-refractivity contribution in [1.82, 2.24) is 4.98 Å². The van der Waals surface area contributed by atoms with Gasteiger partial charge in [0.1, 0.15) is 6.26 Å². The van der Waals surface area contributed by atoms with Crippen LogP contribution in [-0.2, 0) is 6.54 Å². The van der Waals surface area contributed by atoms with Gasteiger partial charge in [-0.2, -0.15) is 8.78 Å². The molecule has 0 bridgehead atoms. The van der Waals surface area contributed by atoms with Crippen LogP contribution in [0, 0.1) is 0 Å². The van der Waals surface area contributed by atoms with Gasteiger partial charge in [0.05, 0.1) is 5.69 Å². The molecular formula is C5H6F2N2O. The minimum absolute atomic E-state index is 0.121. The molecule has 5 heteroatoms. The Labute approximate surface area is 55.8 Å². The van der Waals surface area contributed by atoms with E-state index >= 15 is 0 Å². The van der Waals surface area contributed by atoms with Gasteiger partial charge in [-0.3, -0.25) is 0 Å². The summed E-state index contributed by atoms with van der Waals surface area (Å²) in [5, 5.41) is 0. The second kappa shape index (κ2) is 2.74. The topological polar surface area (TPSA) is 52.0 Å². The van der Waals surface area contributed by atoms with Crippen molar-refractivity contribution in [2.45, 2.75) is 13.0 Å². The second-order valence-corrected chi connectivity index (χ2v) is 1.68. The lowest BCUT2D eigenvalue weighted by atomic mass is 10.5. The monoisotopic (exact) mass is 148 g/mol. The van der Waals surface area contributed by atoms with Crippen LogP contribution in [0.15, 0.2) is 10.7 Å². The predicted octanol–water partition coefficient (Wildman–Crippen LogP) is 1.07. The Morgan fingerprint density at radius 3 is 2.70 bits per heavy atom. The van der Waals surface area contributed by atoms with Gasteiger partial charge in [-0.1, -0.05) is 0 Å². The van der Waals surface area contributed by atoms with Crippen LogP contribution in [0.25, 0.3) is 0 Å². The molecule has 56 valence electrons. The van der Waals surface area contributed by atoms with E-state index in [0.29, 0.717) is 5.69 Å². The molecular weight excluding hydrogens is 142 g/mol. The first-order valence-electron chi connectivity index (χ1n) is 2.66. The van der Waals surface area contributed by atoms with Gasteiger partial charge < -0.3 is 10.2 Å². The Balaban J connectivity index is 2.78. The third kappa shape index (κ3) is 1.30. The second-order valence-electron chi connectivity index (χ2n) is 1.68. The van der Waals surface area contributed by atoms with E-state index < -0.39 is 12.3 Å². The average molecular weight is 148 g/mol. The molecule has 0 fully saturated rings. The van der Waals surface area contributed by atoms with Crippen molar-refractivity contribution in [2.24, 2.45) is 5.73 Å². The van der Waals surface area contributed by atoms with Gasteiger partial charge in [-0.05, 0) is 0 Å². The number of oxazole rings is 1. The van der Waals surface area contributed by atoms with Crippen LogP contribution in [0.3, 0.4) is 0 Å². The Hall–Kier alpha value is -0.970. The van der Waals surface area contributed by atoms with E-state index in [1.54, 1.807) is 0 Å². The first-order valence-corrected chi connectivity index (χ1v) is 2.66. The molecule has 0 radical (unpaired) electrons. The molecule has 2 N–H and O–H groups in total. The molecule has 1 rings (SSSR count). The lowest BCUT2D eigenvalue weighted by Crippen LogP contribution is -1.96. The fourth-order valence-corrected chi connectivity index (χ4v) is 0.517.